The SMILES string of the molecule is CCC1C(=O)NC(=O)CN1S(=O)(=O)c1ccc(Cl)nc1. The first-order chi connectivity index (χ1) is 9.36. The van der Waals surface area contributed by atoms with Crippen LogP contribution in [0.15, 0.2) is 23.2 Å². The molecule has 20 heavy (non-hydrogen) atoms. The van der Waals surface area contributed by atoms with Gasteiger partial charge in [0.25, 0.3) is 0 Å². The highest BCUT2D eigenvalue weighted by atomic mass is 35.5. The Bertz CT molecular complexity index is 644. The summed E-state index contributed by atoms with van der Waals surface area (Å²) in [6, 6.07) is 1.71. The van der Waals surface area contributed by atoms with Crippen LogP contribution in [0, 0.1) is 0 Å². The Balaban J connectivity index is 2.43. The van der Waals surface area contributed by atoms with Crippen molar-refractivity contribution < 1.29 is 18.0 Å². The first kappa shape index (κ1) is 14.9. The minimum Gasteiger partial charge on any atom is -0.294 e. The monoisotopic (exact) mass is 317 g/mol. The van der Waals surface area contributed by atoms with Crippen molar-refractivity contribution in [1.29, 1.82) is 0 Å². The molecule has 1 saturated heterocycles. The number of aromatic nitrogens is 1. The first-order valence-electron chi connectivity index (χ1n) is 5.83. The summed E-state index contributed by atoms with van der Waals surface area (Å²) in [5, 5.41) is 2.28. The number of nitrogens with zero attached hydrogens (tertiary/aromatic N) is 2. The molecular weight excluding hydrogens is 306 g/mol. The van der Waals surface area contributed by atoms with Gasteiger partial charge in [-0.05, 0) is 18.6 Å². The molecule has 2 rings (SSSR count). The van der Waals surface area contributed by atoms with E-state index in [9.17, 15) is 18.0 Å². The van der Waals surface area contributed by atoms with Crippen LogP contribution in [0.3, 0.4) is 0 Å². The second-order valence-corrected chi connectivity index (χ2v) is 6.48. The summed E-state index contributed by atoms with van der Waals surface area (Å²) in [5.74, 6) is -1.26. The maximum absolute atomic E-state index is 12.5. The van der Waals surface area contributed by atoms with Gasteiger partial charge in [-0.2, -0.15) is 4.31 Å². The van der Waals surface area contributed by atoms with Crippen LogP contribution >= 0.6 is 11.6 Å². The zero-order chi connectivity index (χ0) is 14.9. The number of imide groups is 1. The summed E-state index contributed by atoms with van der Waals surface area (Å²) in [5.41, 5.74) is 0. The Kier molecular flexibility index (Phi) is 4.07. The predicted octanol–water partition coefficient (Wildman–Crippen LogP) is 0.161. The van der Waals surface area contributed by atoms with Gasteiger partial charge in [-0.1, -0.05) is 18.5 Å². The summed E-state index contributed by atoms with van der Waals surface area (Å²) < 4.78 is 25.8. The second kappa shape index (κ2) is 5.47. The number of rotatable bonds is 3. The molecule has 1 aromatic rings. The standard InChI is InChI=1S/C11H12ClN3O4S/c1-2-8-11(17)14-10(16)6-15(8)20(18,19)7-3-4-9(12)13-5-7/h3-5,8H,2,6H2,1H3,(H,14,16,17). The van der Waals surface area contributed by atoms with Gasteiger partial charge in [0.15, 0.2) is 0 Å². The van der Waals surface area contributed by atoms with Crippen LogP contribution in [-0.2, 0) is 19.6 Å². The number of nitrogens with one attached hydrogen (secondary N) is 1. The van der Waals surface area contributed by atoms with Gasteiger partial charge in [0.1, 0.15) is 16.1 Å². The average molecular weight is 318 g/mol. The summed E-state index contributed by atoms with van der Waals surface area (Å²) in [6.07, 6.45) is 1.36. The quantitative estimate of drug-likeness (QED) is 0.633. The summed E-state index contributed by atoms with van der Waals surface area (Å²) >= 11 is 5.61. The third kappa shape index (κ3) is 2.67. The fourth-order valence-electron chi connectivity index (χ4n) is 1.93. The number of piperazine rings is 1. The molecule has 1 aliphatic heterocycles. The number of hydrogen-bond donors (Lipinski definition) is 1. The van der Waals surface area contributed by atoms with E-state index in [1.54, 1.807) is 6.92 Å². The molecule has 0 spiro atoms. The molecule has 2 amide bonds. The Labute approximate surface area is 121 Å². The maximum atomic E-state index is 12.5. The van der Waals surface area contributed by atoms with E-state index in [4.69, 9.17) is 11.6 Å². The van der Waals surface area contributed by atoms with Crippen LogP contribution < -0.4 is 5.32 Å². The maximum Gasteiger partial charge on any atom is 0.245 e. The molecule has 0 radical (unpaired) electrons. The molecule has 0 aliphatic carbocycles. The van der Waals surface area contributed by atoms with Gasteiger partial charge in [-0.25, -0.2) is 13.4 Å². The van der Waals surface area contributed by atoms with Gasteiger partial charge in [-0.15, -0.1) is 0 Å². The van der Waals surface area contributed by atoms with Crippen LogP contribution in [-0.4, -0.2) is 42.1 Å². The Hall–Kier alpha value is -1.51. The molecule has 1 fully saturated rings. The third-order valence-corrected chi connectivity index (χ3v) is 4.97. The molecule has 1 aromatic heterocycles. The minimum atomic E-state index is -3.98. The van der Waals surface area contributed by atoms with Crippen LogP contribution in [0.2, 0.25) is 5.15 Å². The molecule has 0 saturated carbocycles. The summed E-state index contributed by atoms with van der Waals surface area (Å²) in [7, 11) is -3.98. The lowest BCUT2D eigenvalue weighted by atomic mass is 10.2. The van der Waals surface area contributed by atoms with Gasteiger partial charge >= 0.3 is 0 Å². The highest BCUT2D eigenvalue weighted by Crippen LogP contribution is 2.21. The van der Waals surface area contributed by atoms with Crippen molar-refractivity contribution in [1.82, 2.24) is 14.6 Å². The van der Waals surface area contributed by atoms with Crippen LogP contribution in [0.4, 0.5) is 0 Å². The van der Waals surface area contributed by atoms with E-state index in [1.165, 1.54) is 12.1 Å². The van der Waals surface area contributed by atoms with Crippen LogP contribution in [0.1, 0.15) is 13.3 Å². The fraction of sp³-hybridized carbons (Fsp3) is 0.364. The number of amides is 2. The van der Waals surface area contributed by atoms with Crippen molar-refractivity contribution in [3.63, 3.8) is 0 Å². The highest BCUT2D eigenvalue weighted by molar-refractivity contribution is 7.89. The molecule has 0 aromatic carbocycles. The minimum absolute atomic E-state index is 0.108. The molecule has 1 aliphatic rings. The molecule has 108 valence electrons. The van der Waals surface area contributed by atoms with Crippen molar-refractivity contribution >= 4 is 33.4 Å². The van der Waals surface area contributed by atoms with Gasteiger partial charge in [0.2, 0.25) is 21.8 Å². The molecule has 9 heteroatoms. The number of hydrogen-bond acceptors (Lipinski definition) is 5. The predicted molar refractivity (Wildman–Crippen MR) is 70.4 cm³/mol. The zero-order valence-electron chi connectivity index (χ0n) is 10.5. The van der Waals surface area contributed by atoms with E-state index in [1.807, 2.05) is 0 Å². The number of pyridine rings is 1. The Morgan fingerprint density at radius 2 is 2.15 bits per heavy atom. The Morgan fingerprint density at radius 3 is 2.70 bits per heavy atom. The van der Waals surface area contributed by atoms with Crippen molar-refractivity contribution in [2.45, 2.75) is 24.3 Å². The number of carbonyl (C=O) groups excluding carboxylic acids is 2. The van der Waals surface area contributed by atoms with Crippen molar-refractivity contribution in [2.75, 3.05) is 6.54 Å². The van der Waals surface area contributed by atoms with Crippen LogP contribution in [0.25, 0.3) is 0 Å². The molecule has 1 N–H and O–H groups in total. The fourth-order valence-corrected chi connectivity index (χ4v) is 3.61. The second-order valence-electron chi connectivity index (χ2n) is 4.20. The molecule has 2 heterocycles. The lowest BCUT2D eigenvalue weighted by molar-refractivity contribution is -0.137. The van der Waals surface area contributed by atoms with Gasteiger partial charge < -0.3 is 0 Å². The molecule has 7 nitrogen and oxygen atoms in total. The van der Waals surface area contributed by atoms with Gasteiger partial charge in [0, 0.05) is 6.20 Å². The van der Waals surface area contributed by atoms with E-state index in [0.717, 1.165) is 10.5 Å². The van der Waals surface area contributed by atoms with Crippen molar-refractivity contribution in [2.24, 2.45) is 0 Å². The Morgan fingerprint density at radius 1 is 1.45 bits per heavy atom. The number of carbonyl (C=O) groups is 2. The highest BCUT2D eigenvalue weighted by Gasteiger charge is 2.40. The molecule has 0 bridgehead atoms. The third-order valence-electron chi connectivity index (χ3n) is 2.91. The number of halogens is 1. The number of sulfonamides is 1. The van der Waals surface area contributed by atoms with E-state index in [2.05, 4.69) is 10.3 Å². The topological polar surface area (TPSA) is 96.4 Å². The zero-order valence-corrected chi connectivity index (χ0v) is 12.1. The normalized spacial score (nSPS) is 20.8. The molecule has 1 unspecified atom stereocenters. The first-order valence-corrected chi connectivity index (χ1v) is 7.65. The lowest BCUT2D eigenvalue weighted by Gasteiger charge is -2.32. The van der Waals surface area contributed by atoms with Gasteiger partial charge in [0.05, 0.1) is 6.54 Å². The summed E-state index contributed by atoms with van der Waals surface area (Å²) in [4.78, 5) is 26.7. The smallest absolute Gasteiger partial charge is 0.245 e. The van der Waals surface area contributed by atoms with E-state index < -0.39 is 34.4 Å². The molecular formula is C11H12ClN3O4S. The van der Waals surface area contributed by atoms with Crippen molar-refractivity contribution in [3.05, 3.63) is 23.5 Å². The van der Waals surface area contributed by atoms with Gasteiger partial charge in [-0.3, -0.25) is 14.9 Å². The average Bonchev–Trinajstić information content (AvgIpc) is 2.38. The van der Waals surface area contributed by atoms with E-state index >= 15 is 0 Å². The summed E-state index contributed by atoms with van der Waals surface area (Å²) in [6.45, 7) is 1.28. The van der Waals surface area contributed by atoms with E-state index in [0.29, 0.717) is 0 Å². The van der Waals surface area contributed by atoms with Crippen LogP contribution in [0.5, 0.6) is 0 Å². The lowest BCUT2D eigenvalue weighted by Crippen LogP contribution is -2.59. The van der Waals surface area contributed by atoms with E-state index in [-0.39, 0.29) is 16.5 Å². The van der Waals surface area contributed by atoms with Crippen molar-refractivity contribution in [3.8, 4) is 0 Å². The largest absolute Gasteiger partial charge is 0.294 e. The molecule has 1 atom stereocenters.